The van der Waals surface area contributed by atoms with Crippen molar-refractivity contribution in [1.82, 2.24) is 0 Å². The third kappa shape index (κ3) is 2.56. The molecule has 4 N–H and O–H groups in total. The number of nitrogens with one attached hydrogen (secondary N) is 4. The standard InChI is InChI=1S/C28H28N4/c1-26(2)15-27(29-20-11-3-7-18-8-4-12-21(30-27)24(18)20)17-28(16-26)31-22-13-5-9-19-10-6-14-23(32-28)25(19)22/h3-14,29-32H,15-17H2,1-2H3. The van der Waals surface area contributed by atoms with E-state index in [9.17, 15) is 0 Å². The highest BCUT2D eigenvalue weighted by Crippen LogP contribution is 2.53. The molecule has 4 aromatic rings. The molecular weight excluding hydrogens is 392 g/mol. The van der Waals surface area contributed by atoms with Gasteiger partial charge in [0.1, 0.15) is 11.3 Å². The lowest BCUT2D eigenvalue weighted by Gasteiger charge is -2.58. The highest BCUT2D eigenvalue weighted by Gasteiger charge is 2.54. The van der Waals surface area contributed by atoms with Gasteiger partial charge in [-0.3, -0.25) is 0 Å². The van der Waals surface area contributed by atoms with Crippen LogP contribution in [0.4, 0.5) is 22.7 Å². The van der Waals surface area contributed by atoms with Crippen molar-refractivity contribution in [3.05, 3.63) is 72.8 Å². The van der Waals surface area contributed by atoms with E-state index in [0.717, 1.165) is 19.3 Å². The van der Waals surface area contributed by atoms with E-state index in [4.69, 9.17) is 0 Å². The van der Waals surface area contributed by atoms with Crippen LogP contribution < -0.4 is 21.3 Å². The zero-order valence-electron chi connectivity index (χ0n) is 18.5. The molecule has 2 aliphatic heterocycles. The average molecular weight is 421 g/mol. The summed E-state index contributed by atoms with van der Waals surface area (Å²) < 4.78 is 0. The van der Waals surface area contributed by atoms with Crippen molar-refractivity contribution in [3.63, 3.8) is 0 Å². The number of hydrogen-bond donors (Lipinski definition) is 4. The molecule has 0 radical (unpaired) electrons. The molecule has 160 valence electrons. The Morgan fingerprint density at radius 2 is 0.844 bits per heavy atom. The average Bonchev–Trinajstić information content (AvgIpc) is 2.72. The lowest BCUT2D eigenvalue weighted by molar-refractivity contribution is 0.128. The lowest BCUT2D eigenvalue weighted by atomic mass is 9.65. The van der Waals surface area contributed by atoms with Gasteiger partial charge in [0, 0.05) is 39.9 Å². The molecular formula is C28H28N4. The van der Waals surface area contributed by atoms with Crippen molar-refractivity contribution in [2.75, 3.05) is 21.3 Å². The van der Waals surface area contributed by atoms with Crippen molar-refractivity contribution in [2.24, 2.45) is 5.41 Å². The van der Waals surface area contributed by atoms with Crippen LogP contribution in [-0.2, 0) is 0 Å². The van der Waals surface area contributed by atoms with Crippen LogP contribution in [0.1, 0.15) is 33.1 Å². The number of rotatable bonds is 0. The molecule has 4 nitrogen and oxygen atoms in total. The lowest BCUT2D eigenvalue weighted by Crippen LogP contribution is -2.65. The highest BCUT2D eigenvalue weighted by molar-refractivity contribution is 6.06. The third-order valence-electron chi connectivity index (χ3n) is 7.47. The molecule has 2 heterocycles. The van der Waals surface area contributed by atoms with Crippen LogP contribution in [0.2, 0.25) is 0 Å². The van der Waals surface area contributed by atoms with Gasteiger partial charge in [-0.25, -0.2) is 0 Å². The van der Waals surface area contributed by atoms with Crippen molar-refractivity contribution >= 4 is 44.3 Å². The summed E-state index contributed by atoms with van der Waals surface area (Å²) in [6, 6.07) is 26.3. The summed E-state index contributed by atoms with van der Waals surface area (Å²) >= 11 is 0. The normalized spacial score (nSPS) is 20.9. The van der Waals surface area contributed by atoms with Gasteiger partial charge in [0.2, 0.25) is 0 Å². The fourth-order valence-electron chi connectivity index (χ4n) is 6.88. The first-order valence-electron chi connectivity index (χ1n) is 11.6. The van der Waals surface area contributed by atoms with Gasteiger partial charge in [-0.2, -0.15) is 0 Å². The minimum absolute atomic E-state index is 0.124. The van der Waals surface area contributed by atoms with Gasteiger partial charge in [-0.15, -0.1) is 0 Å². The Morgan fingerprint density at radius 1 is 0.500 bits per heavy atom. The topological polar surface area (TPSA) is 48.1 Å². The molecule has 2 spiro atoms. The van der Waals surface area contributed by atoms with Gasteiger partial charge in [0.05, 0.1) is 0 Å². The Labute approximate surface area is 188 Å². The fourth-order valence-corrected chi connectivity index (χ4v) is 6.88. The molecule has 0 bridgehead atoms. The van der Waals surface area contributed by atoms with Crippen molar-refractivity contribution in [2.45, 2.75) is 44.4 Å². The monoisotopic (exact) mass is 420 g/mol. The Morgan fingerprint density at radius 3 is 1.19 bits per heavy atom. The van der Waals surface area contributed by atoms with Gasteiger partial charge in [0.25, 0.3) is 0 Å². The van der Waals surface area contributed by atoms with E-state index in [0.29, 0.717) is 0 Å². The maximum absolute atomic E-state index is 3.96. The molecule has 4 aromatic carbocycles. The van der Waals surface area contributed by atoms with Crippen molar-refractivity contribution in [3.8, 4) is 0 Å². The molecule has 0 amide bonds. The van der Waals surface area contributed by atoms with E-state index in [1.54, 1.807) is 0 Å². The van der Waals surface area contributed by atoms with Gasteiger partial charge >= 0.3 is 0 Å². The molecule has 0 unspecified atom stereocenters. The number of hydrogen-bond acceptors (Lipinski definition) is 4. The highest BCUT2D eigenvalue weighted by atomic mass is 15.3. The maximum atomic E-state index is 3.96. The maximum Gasteiger partial charge on any atom is 0.112 e. The van der Waals surface area contributed by atoms with E-state index in [2.05, 4.69) is 108 Å². The minimum atomic E-state index is -0.245. The quantitative estimate of drug-likeness (QED) is 0.248. The molecule has 0 atom stereocenters. The van der Waals surface area contributed by atoms with E-state index in [-0.39, 0.29) is 16.7 Å². The predicted octanol–water partition coefficient (Wildman–Crippen LogP) is 6.97. The van der Waals surface area contributed by atoms with Gasteiger partial charge < -0.3 is 21.3 Å². The number of anilines is 4. The summed E-state index contributed by atoms with van der Waals surface area (Å²) in [5.41, 5.74) is 4.53. The Balaban J connectivity index is 1.35. The van der Waals surface area contributed by atoms with Gasteiger partial charge in [-0.1, -0.05) is 62.4 Å². The fraction of sp³-hybridized carbons (Fsp3) is 0.286. The second kappa shape index (κ2) is 5.89. The van der Waals surface area contributed by atoms with Gasteiger partial charge in [0.15, 0.2) is 0 Å². The van der Waals surface area contributed by atoms with Crippen LogP contribution in [0.25, 0.3) is 21.5 Å². The molecule has 1 aliphatic carbocycles. The van der Waals surface area contributed by atoms with E-state index >= 15 is 0 Å². The molecule has 7 rings (SSSR count). The van der Waals surface area contributed by atoms with Crippen LogP contribution in [0.5, 0.6) is 0 Å². The summed E-state index contributed by atoms with van der Waals surface area (Å²) in [7, 11) is 0. The summed E-state index contributed by atoms with van der Waals surface area (Å²) in [4.78, 5) is 0. The molecule has 3 aliphatic rings. The zero-order chi connectivity index (χ0) is 21.6. The van der Waals surface area contributed by atoms with Crippen LogP contribution in [0.15, 0.2) is 72.8 Å². The summed E-state index contributed by atoms with van der Waals surface area (Å²) in [6.07, 6.45) is 3.00. The molecule has 1 saturated carbocycles. The van der Waals surface area contributed by atoms with E-state index in [1.807, 2.05) is 0 Å². The molecule has 32 heavy (non-hydrogen) atoms. The Hall–Kier alpha value is -3.40. The van der Waals surface area contributed by atoms with E-state index < -0.39 is 0 Å². The first-order valence-corrected chi connectivity index (χ1v) is 11.6. The molecule has 1 fully saturated rings. The Kier molecular flexibility index (Phi) is 3.35. The first kappa shape index (κ1) is 18.2. The van der Waals surface area contributed by atoms with Crippen molar-refractivity contribution < 1.29 is 0 Å². The third-order valence-corrected chi connectivity index (χ3v) is 7.47. The molecule has 0 saturated heterocycles. The minimum Gasteiger partial charge on any atom is -0.362 e. The van der Waals surface area contributed by atoms with Crippen LogP contribution >= 0.6 is 0 Å². The van der Waals surface area contributed by atoms with Crippen molar-refractivity contribution in [1.29, 1.82) is 0 Å². The summed E-state index contributed by atoms with van der Waals surface area (Å²) in [5, 5.41) is 21.0. The van der Waals surface area contributed by atoms with E-state index in [1.165, 1.54) is 44.3 Å². The number of benzene rings is 4. The first-order chi connectivity index (χ1) is 15.4. The van der Waals surface area contributed by atoms with Crippen LogP contribution in [0.3, 0.4) is 0 Å². The summed E-state index contributed by atoms with van der Waals surface area (Å²) in [5.74, 6) is 0. The summed E-state index contributed by atoms with van der Waals surface area (Å²) in [6.45, 7) is 4.79. The second-order valence-electron chi connectivity index (χ2n) is 10.8. The van der Waals surface area contributed by atoms with Crippen LogP contribution in [0, 0.1) is 5.41 Å². The molecule has 4 heteroatoms. The SMILES string of the molecule is CC1(C)CC2(CC3(C1)Nc1cccc4cccc(c14)N3)Nc1cccc3cccc(c13)N2. The largest absolute Gasteiger partial charge is 0.362 e. The Bertz CT molecular complexity index is 1220. The van der Waals surface area contributed by atoms with Gasteiger partial charge in [-0.05, 0) is 53.3 Å². The predicted molar refractivity (Wildman–Crippen MR) is 135 cm³/mol. The zero-order valence-corrected chi connectivity index (χ0v) is 18.5. The van der Waals surface area contributed by atoms with Crippen LogP contribution in [-0.4, -0.2) is 11.3 Å². The second-order valence-corrected chi connectivity index (χ2v) is 10.8. The smallest absolute Gasteiger partial charge is 0.112 e. The molecule has 0 aromatic heterocycles.